The van der Waals surface area contributed by atoms with Gasteiger partial charge < -0.3 is 25.7 Å². The molecular weight excluding hydrogens is 338 g/mol. The summed E-state index contributed by atoms with van der Waals surface area (Å²) < 4.78 is 15.7. The van der Waals surface area contributed by atoms with Crippen LogP contribution in [0.1, 0.15) is 23.1 Å². The second-order valence-electron chi connectivity index (χ2n) is 4.47. The maximum Gasteiger partial charge on any atom is 0.338 e. The minimum Gasteiger partial charge on any atom is -0.493 e. The van der Waals surface area contributed by atoms with Crippen molar-refractivity contribution in [2.24, 2.45) is 0 Å². The number of carbonyl (C=O) groups excluding carboxylic acids is 1. The Morgan fingerprint density at radius 1 is 1.21 bits per heavy atom. The molecule has 4 N–H and O–H groups in total. The molecule has 0 radical (unpaired) electrons. The monoisotopic (exact) mass is 353 g/mol. The van der Waals surface area contributed by atoms with Gasteiger partial charge in [-0.15, -0.1) is 0 Å². The summed E-state index contributed by atoms with van der Waals surface area (Å²) in [6.45, 7) is 2.00. The number of nitrogens with two attached hydrogens (primary N) is 2. The van der Waals surface area contributed by atoms with Gasteiger partial charge in [0.2, 0.25) is 11.9 Å². The first-order valence-electron chi connectivity index (χ1n) is 6.88. The molecule has 10 heteroatoms. The Labute approximate surface area is 142 Å². The molecule has 1 aromatic carbocycles. The number of hydrogen-bond acceptors (Lipinski definition) is 9. The number of rotatable bonds is 6. The van der Waals surface area contributed by atoms with Gasteiger partial charge in [0.05, 0.1) is 24.3 Å². The smallest absolute Gasteiger partial charge is 0.338 e. The fourth-order valence-corrected chi connectivity index (χ4v) is 2.12. The third kappa shape index (κ3) is 4.13. The number of carbonyl (C=O) groups is 1. The Morgan fingerprint density at radius 3 is 2.46 bits per heavy atom. The number of aromatic nitrogens is 3. The lowest BCUT2D eigenvalue weighted by Crippen LogP contribution is -2.11. The lowest BCUT2D eigenvalue weighted by molar-refractivity contribution is 0.0461. The third-order valence-electron chi connectivity index (χ3n) is 2.80. The van der Waals surface area contributed by atoms with Gasteiger partial charge in [-0.2, -0.15) is 15.0 Å². The van der Waals surface area contributed by atoms with Gasteiger partial charge in [0.15, 0.2) is 23.9 Å². The van der Waals surface area contributed by atoms with Gasteiger partial charge in [0, 0.05) is 0 Å². The number of halogens is 1. The van der Waals surface area contributed by atoms with Crippen molar-refractivity contribution in [2.45, 2.75) is 13.5 Å². The highest BCUT2D eigenvalue weighted by Gasteiger charge is 2.17. The van der Waals surface area contributed by atoms with Crippen LogP contribution in [-0.4, -0.2) is 34.6 Å². The van der Waals surface area contributed by atoms with E-state index in [4.69, 9.17) is 37.3 Å². The molecule has 0 aliphatic carbocycles. The van der Waals surface area contributed by atoms with Crippen LogP contribution in [0.2, 0.25) is 5.02 Å². The second kappa shape index (κ2) is 7.64. The van der Waals surface area contributed by atoms with E-state index in [-0.39, 0.29) is 34.9 Å². The molecule has 0 aliphatic rings. The van der Waals surface area contributed by atoms with Gasteiger partial charge in [-0.1, -0.05) is 11.6 Å². The van der Waals surface area contributed by atoms with Crippen molar-refractivity contribution in [1.82, 2.24) is 15.0 Å². The van der Waals surface area contributed by atoms with E-state index in [1.165, 1.54) is 19.2 Å². The van der Waals surface area contributed by atoms with Crippen LogP contribution in [0.4, 0.5) is 11.9 Å². The third-order valence-corrected chi connectivity index (χ3v) is 3.08. The van der Waals surface area contributed by atoms with Crippen molar-refractivity contribution < 1.29 is 19.0 Å². The molecule has 1 aromatic heterocycles. The van der Waals surface area contributed by atoms with Crippen LogP contribution in [0.15, 0.2) is 12.1 Å². The fourth-order valence-electron chi connectivity index (χ4n) is 1.86. The SMILES string of the molecule is CCOc1c(Cl)cc(C(=O)OCc2nc(N)nc(N)n2)cc1OC. The van der Waals surface area contributed by atoms with E-state index < -0.39 is 5.97 Å². The molecule has 1 heterocycles. The molecule has 0 aliphatic heterocycles. The Hall–Kier alpha value is -2.81. The van der Waals surface area contributed by atoms with E-state index in [1.807, 2.05) is 6.92 Å². The first kappa shape index (κ1) is 17.5. The fraction of sp³-hybridized carbons (Fsp3) is 0.286. The number of anilines is 2. The number of hydrogen-bond donors (Lipinski definition) is 2. The normalized spacial score (nSPS) is 10.3. The number of nitrogens with zero attached hydrogens (tertiary/aromatic N) is 3. The second-order valence-corrected chi connectivity index (χ2v) is 4.87. The molecule has 128 valence electrons. The molecule has 0 spiro atoms. The van der Waals surface area contributed by atoms with Gasteiger partial charge in [-0.25, -0.2) is 4.79 Å². The molecule has 0 fully saturated rings. The summed E-state index contributed by atoms with van der Waals surface area (Å²) in [6, 6.07) is 2.89. The number of benzene rings is 1. The van der Waals surface area contributed by atoms with E-state index in [2.05, 4.69) is 15.0 Å². The molecule has 0 saturated carbocycles. The first-order chi connectivity index (χ1) is 11.4. The zero-order valence-electron chi connectivity index (χ0n) is 13.1. The predicted octanol–water partition coefficient (Wildman–Crippen LogP) is 1.45. The van der Waals surface area contributed by atoms with Gasteiger partial charge in [0.1, 0.15) is 0 Å². The Morgan fingerprint density at radius 2 is 1.88 bits per heavy atom. The maximum atomic E-state index is 12.2. The zero-order chi connectivity index (χ0) is 17.7. The molecule has 24 heavy (non-hydrogen) atoms. The van der Waals surface area contributed by atoms with Crippen LogP contribution in [0.3, 0.4) is 0 Å². The molecule has 2 rings (SSSR count). The van der Waals surface area contributed by atoms with E-state index in [9.17, 15) is 4.79 Å². The molecule has 0 bridgehead atoms. The minimum absolute atomic E-state index is 0.0562. The molecule has 2 aromatic rings. The van der Waals surface area contributed by atoms with Crippen LogP contribution in [0.25, 0.3) is 0 Å². The minimum atomic E-state index is -0.643. The van der Waals surface area contributed by atoms with Gasteiger partial charge in [-0.05, 0) is 19.1 Å². The largest absolute Gasteiger partial charge is 0.493 e. The van der Waals surface area contributed by atoms with Crippen LogP contribution < -0.4 is 20.9 Å². The van der Waals surface area contributed by atoms with Crippen LogP contribution >= 0.6 is 11.6 Å². The zero-order valence-corrected chi connectivity index (χ0v) is 13.8. The highest BCUT2D eigenvalue weighted by molar-refractivity contribution is 6.32. The maximum absolute atomic E-state index is 12.2. The summed E-state index contributed by atoms with van der Waals surface area (Å²) >= 11 is 6.12. The van der Waals surface area contributed by atoms with Crippen molar-refractivity contribution >= 4 is 29.5 Å². The molecule has 0 saturated heterocycles. The van der Waals surface area contributed by atoms with Crippen LogP contribution in [-0.2, 0) is 11.3 Å². The molecule has 0 amide bonds. The van der Waals surface area contributed by atoms with E-state index >= 15 is 0 Å². The predicted molar refractivity (Wildman–Crippen MR) is 86.9 cm³/mol. The van der Waals surface area contributed by atoms with E-state index in [0.717, 1.165) is 0 Å². The molecule has 0 atom stereocenters. The molecule has 0 unspecified atom stereocenters. The Kier molecular flexibility index (Phi) is 5.59. The van der Waals surface area contributed by atoms with E-state index in [1.54, 1.807) is 0 Å². The Balaban J connectivity index is 2.16. The van der Waals surface area contributed by atoms with Gasteiger partial charge in [-0.3, -0.25) is 0 Å². The lowest BCUT2D eigenvalue weighted by Gasteiger charge is -2.12. The first-order valence-corrected chi connectivity index (χ1v) is 7.25. The lowest BCUT2D eigenvalue weighted by atomic mass is 10.2. The van der Waals surface area contributed by atoms with Crippen LogP contribution in [0.5, 0.6) is 11.5 Å². The average Bonchev–Trinajstić information content (AvgIpc) is 2.53. The van der Waals surface area contributed by atoms with Crippen molar-refractivity contribution in [3.05, 3.63) is 28.5 Å². The number of ether oxygens (including phenoxy) is 3. The van der Waals surface area contributed by atoms with Crippen molar-refractivity contribution in [1.29, 1.82) is 0 Å². The van der Waals surface area contributed by atoms with Crippen LogP contribution in [0, 0.1) is 0 Å². The number of esters is 1. The highest BCUT2D eigenvalue weighted by atomic mass is 35.5. The Bertz CT molecular complexity index is 736. The molecular formula is C14H16ClN5O4. The molecule has 9 nitrogen and oxygen atoms in total. The average molecular weight is 354 g/mol. The quantitative estimate of drug-likeness (QED) is 0.739. The summed E-state index contributed by atoms with van der Waals surface area (Å²) in [5.41, 5.74) is 11.1. The van der Waals surface area contributed by atoms with E-state index in [0.29, 0.717) is 18.1 Å². The summed E-state index contributed by atoms with van der Waals surface area (Å²) in [5.74, 6) is 0.0630. The van der Waals surface area contributed by atoms with Crippen molar-refractivity contribution in [3.63, 3.8) is 0 Å². The standard InChI is InChI=1S/C14H16ClN5O4/c1-3-23-11-8(15)4-7(5-9(11)22-2)12(21)24-6-10-18-13(16)20-14(17)19-10/h4-5H,3,6H2,1-2H3,(H4,16,17,18,19,20). The topological polar surface area (TPSA) is 135 Å². The van der Waals surface area contributed by atoms with Gasteiger partial charge in [0.25, 0.3) is 0 Å². The summed E-state index contributed by atoms with van der Waals surface area (Å²) in [6.07, 6.45) is 0. The van der Waals surface area contributed by atoms with Crippen molar-refractivity contribution in [2.75, 3.05) is 25.2 Å². The van der Waals surface area contributed by atoms with Crippen molar-refractivity contribution in [3.8, 4) is 11.5 Å². The highest BCUT2D eigenvalue weighted by Crippen LogP contribution is 2.36. The summed E-state index contributed by atoms with van der Waals surface area (Å²) in [7, 11) is 1.44. The van der Waals surface area contributed by atoms with Gasteiger partial charge >= 0.3 is 5.97 Å². The number of nitrogen functional groups attached to an aromatic ring is 2. The summed E-state index contributed by atoms with van der Waals surface area (Å²) in [5, 5.41) is 0.233. The number of methoxy groups -OCH3 is 1. The summed E-state index contributed by atoms with van der Waals surface area (Å²) in [4.78, 5) is 23.4.